The topological polar surface area (TPSA) is 76.7 Å². The van der Waals surface area contributed by atoms with Gasteiger partial charge in [-0.15, -0.1) is 0 Å². The van der Waals surface area contributed by atoms with Gasteiger partial charge in [0.2, 0.25) is 0 Å². The molecular weight excluding hydrogens is 380 g/mol. The molecule has 3 aromatic carbocycles. The second-order valence-corrected chi connectivity index (χ2v) is 6.78. The number of benzene rings is 3. The Morgan fingerprint density at radius 3 is 2.17 bits per heavy atom. The summed E-state index contributed by atoms with van der Waals surface area (Å²) in [4.78, 5) is 24.7. The summed E-state index contributed by atoms with van der Waals surface area (Å²) in [5.41, 5.74) is 3.86. The molecule has 2 amide bonds. The van der Waals surface area contributed by atoms with Crippen LogP contribution in [0, 0.1) is 13.8 Å². The van der Waals surface area contributed by atoms with Gasteiger partial charge in [-0.2, -0.15) is 0 Å². The van der Waals surface area contributed by atoms with E-state index in [0.717, 1.165) is 16.8 Å². The van der Waals surface area contributed by atoms with Crippen molar-refractivity contribution in [3.8, 4) is 11.5 Å². The first kappa shape index (κ1) is 20.9. The Morgan fingerprint density at radius 1 is 0.833 bits per heavy atom. The molecule has 3 rings (SSSR count). The minimum Gasteiger partial charge on any atom is -0.496 e. The first-order valence-corrected chi connectivity index (χ1v) is 9.51. The summed E-state index contributed by atoms with van der Waals surface area (Å²) in [6.07, 6.45) is 0. The Bertz CT molecular complexity index is 1030. The molecule has 0 saturated carbocycles. The number of para-hydroxylation sites is 2. The van der Waals surface area contributed by atoms with Crippen molar-refractivity contribution in [2.75, 3.05) is 24.4 Å². The maximum atomic E-state index is 12.4. The third-order valence-corrected chi connectivity index (χ3v) is 4.58. The Balaban J connectivity index is 1.55. The van der Waals surface area contributed by atoms with Gasteiger partial charge in [0, 0.05) is 11.4 Å². The predicted molar refractivity (Wildman–Crippen MR) is 117 cm³/mol. The molecule has 3 aromatic rings. The molecule has 0 spiro atoms. The highest BCUT2D eigenvalue weighted by Gasteiger charge is 2.12. The van der Waals surface area contributed by atoms with E-state index in [0.29, 0.717) is 22.7 Å². The summed E-state index contributed by atoms with van der Waals surface area (Å²) < 4.78 is 10.8. The Labute approximate surface area is 175 Å². The fourth-order valence-electron chi connectivity index (χ4n) is 3.00. The van der Waals surface area contributed by atoms with Crippen molar-refractivity contribution >= 4 is 23.2 Å². The summed E-state index contributed by atoms with van der Waals surface area (Å²) in [6, 6.07) is 19.7. The molecule has 0 aliphatic heterocycles. The number of rotatable bonds is 7. The fourth-order valence-corrected chi connectivity index (χ4v) is 3.00. The second kappa shape index (κ2) is 9.60. The molecule has 0 heterocycles. The summed E-state index contributed by atoms with van der Waals surface area (Å²) in [5.74, 6) is 0.529. The molecule has 0 aliphatic carbocycles. The minimum atomic E-state index is -0.269. The van der Waals surface area contributed by atoms with E-state index in [1.165, 1.54) is 7.11 Å². The molecule has 0 atom stereocenters. The van der Waals surface area contributed by atoms with Gasteiger partial charge >= 0.3 is 0 Å². The SMILES string of the molecule is COc1ccccc1C(=O)Nc1ccc(OCC(=O)Nc2c(C)cccc2C)cc1. The van der Waals surface area contributed by atoms with Crippen LogP contribution in [0.15, 0.2) is 66.7 Å². The molecule has 0 saturated heterocycles. The maximum absolute atomic E-state index is 12.4. The van der Waals surface area contributed by atoms with Crippen molar-refractivity contribution in [3.63, 3.8) is 0 Å². The van der Waals surface area contributed by atoms with Gasteiger partial charge in [-0.25, -0.2) is 0 Å². The van der Waals surface area contributed by atoms with Gasteiger partial charge in [0.05, 0.1) is 12.7 Å². The Morgan fingerprint density at radius 2 is 1.50 bits per heavy atom. The lowest BCUT2D eigenvalue weighted by Crippen LogP contribution is -2.21. The average Bonchev–Trinajstić information content (AvgIpc) is 2.76. The Hall–Kier alpha value is -3.80. The highest BCUT2D eigenvalue weighted by molar-refractivity contribution is 6.06. The van der Waals surface area contributed by atoms with Gasteiger partial charge in [0.1, 0.15) is 11.5 Å². The first-order chi connectivity index (χ1) is 14.5. The van der Waals surface area contributed by atoms with Crippen LogP contribution in [0.2, 0.25) is 0 Å². The summed E-state index contributed by atoms with van der Waals surface area (Å²) in [6.45, 7) is 3.78. The zero-order valence-electron chi connectivity index (χ0n) is 17.2. The van der Waals surface area contributed by atoms with Gasteiger partial charge in [-0.3, -0.25) is 9.59 Å². The Kier molecular flexibility index (Phi) is 6.70. The summed E-state index contributed by atoms with van der Waals surface area (Å²) >= 11 is 0. The highest BCUT2D eigenvalue weighted by Crippen LogP contribution is 2.22. The lowest BCUT2D eigenvalue weighted by Gasteiger charge is -2.12. The third kappa shape index (κ3) is 5.17. The quantitative estimate of drug-likeness (QED) is 0.604. The van der Waals surface area contributed by atoms with Crippen LogP contribution in [0.25, 0.3) is 0 Å². The van der Waals surface area contributed by atoms with Crippen molar-refractivity contribution in [3.05, 3.63) is 83.4 Å². The van der Waals surface area contributed by atoms with Crippen molar-refractivity contribution in [1.29, 1.82) is 0 Å². The van der Waals surface area contributed by atoms with Crippen molar-refractivity contribution in [2.24, 2.45) is 0 Å². The van der Waals surface area contributed by atoms with Gasteiger partial charge in [-0.1, -0.05) is 30.3 Å². The smallest absolute Gasteiger partial charge is 0.262 e. The average molecular weight is 404 g/mol. The van der Waals surface area contributed by atoms with Crippen molar-refractivity contribution in [1.82, 2.24) is 0 Å². The predicted octanol–water partition coefficient (Wildman–Crippen LogP) is 4.58. The van der Waals surface area contributed by atoms with E-state index in [9.17, 15) is 9.59 Å². The van der Waals surface area contributed by atoms with E-state index < -0.39 is 0 Å². The molecule has 6 heteroatoms. The third-order valence-electron chi connectivity index (χ3n) is 4.58. The number of methoxy groups -OCH3 is 1. The molecule has 6 nitrogen and oxygen atoms in total. The van der Waals surface area contributed by atoms with E-state index in [4.69, 9.17) is 9.47 Å². The van der Waals surface area contributed by atoms with Crippen LogP contribution in [0.4, 0.5) is 11.4 Å². The molecule has 30 heavy (non-hydrogen) atoms. The van der Waals surface area contributed by atoms with E-state index in [1.54, 1.807) is 48.5 Å². The van der Waals surface area contributed by atoms with Gasteiger partial charge in [-0.05, 0) is 61.4 Å². The van der Waals surface area contributed by atoms with Crippen LogP contribution in [0.3, 0.4) is 0 Å². The molecule has 2 N–H and O–H groups in total. The normalized spacial score (nSPS) is 10.2. The maximum Gasteiger partial charge on any atom is 0.262 e. The molecular formula is C24H24N2O4. The number of carbonyl (C=O) groups excluding carboxylic acids is 2. The van der Waals surface area contributed by atoms with Crippen LogP contribution in [0.5, 0.6) is 11.5 Å². The largest absolute Gasteiger partial charge is 0.496 e. The molecule has 0 aromatic heterocycles. The highest BCUT2D eigenvalue weighted by atomic mass is 16.5. The number of anilines is 2. The van der Waals surface area contributed by atoms with Crippen LogP contribution in [0.1, 0.15) is 21.5 Å². The number of carbonyl (C=O) groups is 2. The molecule has 0 bridgehead atoms. The van der Waals surface area contributed by atoms with Gasteiger partial charge in [0.15, 0.2) is 6.61 Å². The number of nitrogens with one attached hydrogen (secondary N) is 2. The lowest BCUT2D eigenvalue weighted by atomic mass is 10.1. The van der Waals surface area contributed by atoms with Gasteiger partial charge < -0.3 is 20.1 Å². The number of hydrogen-bond donors (Lipinski definition) is 2. The summed E-state index contributed by atoms with van der Waals surface area (Å²) in [5, 5.41) is 5.70. The zero-order chi connectivity index (χ0) is 21.5. The summed E-state index contributed by atoms with van der Waals surface area (Å²) in [7, 11) is 1.52. The zero-order valence-corrected chi connectivity index (χ0v) is 17.2. The van der Waals surface area contributed by atoms with E-state index in [-0.39, 0.29) is 18.4 Å². The van der Waals surface area contributed by atoms with Crippen LogP contribution in [-0.4, -0.2) is 25.5 Å². The first-order valence-electron chi connectivity index (χ1n) is 9.51. The molecule has 0 fully saturated rings. The monoisotopic (exact) mass is 404 g/mol. The number of ether oxygens (including phenoxy) is 2. The van der Waals surface area contributed by atoms with Crippen molar-refractivity contribution in [2.45, 2.75) is 13.8 Å². The van der Waals surface area contributed by atoms with Crippen LogP contribution < -0.4 is 20.1 Å². The fraction of sp³-hybridized carbons (Fsp3) is 0.167. The number of aryl methyl sites for hydroxylation is 2. The minimum absolute atomic E-state index is 0.110. The van der Waals surface area contributed by atoms with E-state index in [2.05, 4.69) is 10.6 Å². The van der Waals surface area contributed by atoms with Crippen LogP contribution >= 0.6 is 0 Å². The number of amides is 2. The van der Waals surface area contributed by atoms with Crippen molar-refractivity contribution < 1.29 is 19.1 Å². The molecule has 154 valence electrons. The molecule has 0 radical (unpaired) electrons. The molecule has 0 aliphatic rings. The lowest BCUT2D eigenvalue weighted by molar-refractivity contribution is -0.118. The van der Waals surface area contributed by atoms with Gasteiger partial charge in [0.25, 0.3) is 11.8 Å². The second-order valence-electron chi connectivity index (χ2n) is 6.78. The van der Waals surface area contributed by atoms with Crippen LogP contribution in [-0.2, 0) is 4.79 Å². The van der Waals surface area contributed by atoms with E-state index in [1.807, 2.05) is 32.0 Å². The standard InChI is InChI=1S/C24H24N2O4/c1-16-7-6-8-17(2)23(16)26-22(27)15-30-19-13-11-18(12-14-19)25-24(28)20-9-4-5-10-21(20)29-3/h4-14H,15H2,1-3H3,(H,25,28)(H,26,27). The molecule has 0 unspecified atom stereocenters. The number of hydrogen-bond acceptors (Lipinski definition) is 4. The van der Waals surface area contributed by atoms with E-state index >= 15 is 0 Å².